The minimum atomic E-state index is 0.334. The van der Waals surface area contributed by atoms with Crippen molar-refractivity contribution in [2.24, 2.45) is 0 Å². The van der Waals surface area contributed by atoms with Crippen LogP contribution < -0.4 is 5.32 Å². The van der Waals surface area contributed by atoms with Gasteiger partial charge in [-0.1, -0.05) is 28.1 Å². The molecule has 17 heavy (non-hydrogen) atoms. The summed E-state index contributed by atoms with van der Waals surface area (Å²) in [5, 5.41) is 3.40. The second-order valence-corrected chi connectivity index (χ2v) is 5.61. The smallest absolute Gasteiger partial charge is 0.0466 e. The molecular weight excluding hydrogens is 278 g/mol. The van der Waals surface area contributed by atoms with Gasteiger partial charge in [-0.2, -0.15) is 0 Å². The maximum absolute atomic E-state index is 5.43. The highest BCUT2D eigenvalue weighted by Gasteiger charge is 2.37. The highest BCUT2D eigenvalue weighted by Crippen LogP contribution is 2.34. The van der Waals surface area contributed by atoms with Crippen LogP contribution in [-0.2, 0) is 10.2 Å². The van der Waals surface area contributed by atoms with Gasteiger partial charge in [-0.15, -0.1) is 0 Å². The van der Waals surface area contributed by atoms with E-state index in [0.717, 1.165) is 32.7 Å². The Morgan fingerprint density at radius 2 is 2.24 bits per heavy atom. The van der Waals surface area contributed by atoms with Gasteiger partial charge in [0.2, 0.25) is 0 Å². The lowest BCUT2D eigenvalue weighted by atomic mass is 9.72. The van der Waals surface area contributed by atoms with E-state index < -0.39 is 0 Å². The van der Waals surface area contributed by atoms with Crippen molar-refractivity contribution >= 4 is 15.9 Å². The molecule has 0 unspecified atom stereocenters. The quantitative estimate of drug-likeness (QED) is 0.815. The van der Waals surface area contributed by atoms with Gasteiger partial charge in [-0.05, 0) is 37.5 Å². The lowest BCUT2D eigenvalue weighted by molar-refractivity contribution is 0.129. The Kier molecular flexibility index (Phi) is 4.60. The summed E-state index contributed by atoms with van der Waals surface area (Å²) in [7, 11) is 0. The first-order valence-corrected chi connectivity index (χ1v) is 7.11. The molecule has 1 aliphatic rings. The molecule has 1 aromatic carbocycles. The molecule has 1 fully saturated rings. The topological polar surface area (TPSA) is 21.3 Å². The van der Waals surface area contributed by atoms with Gasteiger partial charge in [0.05, 0.1) is 0 Å². The van der Waals surface area contributed by atoms with Crippen molar-refractivity contribution in [3.63, 3.8) is 0 Å². The molecule has 1 saturated heterocycles. The van der Waals surface area contributed by atoms with E-state index in [-0.39, 0.29) is 0 Å². The molecule has 1 heterocycles. The van der Waals surface area contributed by atoms with Crippen LogP contribution >= 0.6 is 15.9 Å². The van der Waals surface area contributed by atoms with Crippen LogP contribution in [0.4, 0.5) is 0 Å². The Hall–Kier alpha value is -0.380. The maximum atomic E-state index is 5.43. The molecule has 0 amide bonds. The molecule has 94 valence electrons. The van der Waals surface area contributed by atoms with Crippen molar-refractivity contribution in [1.82, 2.24) is 5.32 Å². The molecule has 0 saturated carbocycles. The number of rotatable bonds is 6. The fourth-order valence-corrected chi connectivity index (χ4v) is 2.83. The molecule has 2 rings (SSSR count). The summed E-state index contributed by atoms with van der Waals surface area (Å²) in [6.45, 7) is 5.94. The van der Waals surface area contributed by atoms with Gasteiger partial charge in [-0.3, -0.25) is 0 Å². The molecule has 2 nitrogen and oxygen atoms in total. The van der Waals surface area contributed by atoms with Crippen LogP contribution in [0.5, 0.6) is 0 Å². The van der Waals surface area contributed by atoms with E-state index in [1.807, 2.05) is 0 Å². The van der Waals surface area contributed by atoms with Crippen LogP contribution in [-0.4, -0.2) is 26.3 Å². The molecule has 0 atom stereocenters. The molecule has 0 bridgehead atoms. The van der Waals surface area contributed by atoms with Crippen molar-refractivity contribution in [3.05, 3.63) is 34.3 Å². The molecule has 3 heteroatoms. The predicted molar refractivity (Wildman–Crippen MR) is 74.4 cm³/mol. The Morgan fingerprint density at radius 1 is 1.41 bits per heavy atom. The summed E-state index contributed by atoms with van der Waals surface area (Å²) in [6.07, 6.45) is 2.35. The van der Waals surface area contributed by atoms with E-state index in [2.05, 4.69) is 52.4 Å². The summed E-state index contributed by atoms with van der Waals surface area (Å²) in [5.41, 5.74) is 1.78. The molecule has 0 spiro atoms. The van der Waals surface area contributed by atoms with E-state index in [1.54, 1.807) is 0 Å². The van der Waals surface area contributed by atoms with Crippen LogP contribution in [0.1, 0.15) is 25.3 Å². The zero-order chi connectivity index (χ0) is 12.1. The van der Waals surface area contributed by atoms with Gasteiger partial charge in [0.15, 0.2) is 0 Å². The standard InChI is InChI=1S/C14H20BrNO/c1-2-17-8-4-7-14(10-16-11-14)12-5-3-6-13(15)9-12/h3,5-6,9,16H,2,4,7-8,10-11H2,1H3. The van der Waals surface area contributed by atoms with Crippen molar-refractivity contribution in [2.45, 2.75) is 25.2 Å². The number of nitrogens with one attached hydrogen (secondary N) is 1. The third-order valence-electron chi connectivity index (χ3n) is 3.51. The van der Waals surface area contributed by atoms with Gasteiger partial charge >= 0.3 is 0 Å². The summed E-state index contributed by atoms with van der Waals surface area (Å²) < 4.78 is 6.60. The summed E-state index contributed by atoms with van der Waals surface area (Å²) >= 11 is 3.56. The molecule has 0 radical (unpaired) electrons. The van der Waals surface area contributed by atoms with Crippen LogP contribution in [0, 0.1) is 0 Å². The normalized spacial score (nSPS) is 17.8. The predicted octanol–water partition coefficient (Wildman–Crippen LogP) is 3.11. The minimum Gasteiger partial charge on any atom is -0.382 e. The van der Waals surface area contributed by atoms with E-state index in [0.29, 0.717) is 5.41 Å². The zero-order valence-corrected chi connectivity index (χ0v) is 11.9. The maximum Gasteiger partial charge on any atom is 0.0466 e. The Labute approximate surface area is 112 Å². The minimum absolute atomic E-state index is 0.334. The first-order chi connectivity index (χ1) is 8.27. The van der Waals surface area contributed by atoms with Gasteiger partial charge in [0, 0.05) is 36.2 Å². The molecule has 1 N–H and O–H groups in total. The average Bonchev–Trinajstić information content (AvgIpc) is 2.27. The Balaban J connectivity index is 1.99. The van der Waals surface area contributed by atoms with Crippen molar-refractivity contribution < 1.29 is 4.74 Å². The SMILES string of the molecule is CCOCCCC1(c2cccc(Br)c2)CNC1. The second kappa shape index (κ2) is 5.98. The summed E-state index contributed by atoms with van der Waals surface area (Å²) in [5.74, 6) is 0. The van der Waals surface area contributed by atoms with Gasteiger partial charge < -0.3 is 10.1 Å². The average molecular weight is 298 g/mol. The lowest BCUT2D eigenvalue weighted by Gasteiger charge is -2.43. The van der Waals surface area contributed by atoms with Gasteiger partial charge in [0.1, 0.15) is 0 Å². The van der Waals surface area contributed by atoms with E-state index in [4.69, 9.17) is 4.74 Å². The van der Waals surface area contributed by atoms with Crippen LogP contribution in [0.25, 0.3) is 0 Å². The highest BCUT2D eigenvalue weighted by molar-refractivity contribution is 9.10. The lowest BCUT2D eigenvalue weighted by Crippen LogP contribution is -2.56. The monoisotopic (exact) mass is 297 g/mol. The first-order valence-electron chi connectivity index (χ1n) is 6.31. The largest absolute Gasteiger partial charge is 0.382 e. The highest BCUT2D eigenvalue weighted by atomic mass is 79.9. The van der Waals surface area contributed by atoms with Crippen molar-refractivity contribution in [3.8, 4) is 0 Å². The molecule has 0 aromatic heterocycles. The second-order valence-electron chi connectivity index (χ2n) is 4.69. The fourth-order valence-electron chi connectivity index (χ4n) is 2.43. The zero-order valence-electron chi connectivity index (χ0n) is 10.3. The molecule has 0 aliphatic carbocycles. The molecular formula is C14H20BrNO. The Bertz CT molecular complexity index is 363. The number of halogens is 1. The van der Waals surface area contributed by atoms with Crippen LogP contribution in [0.2, 0.25) is 0 Å². The van der Waals surface area contributed by atoms with Gasteiger partial charge in [-0.25, -0.2) is 0 Å². The third-order valence-corrected chi connectivity index (χ3v) is 4.01. The number of benzene rings is 1. The van der Waals surface area contributed by atoms with Crippen molar-refractivity contribution in [2.75, 3.05) is 26.3 Å². The van der Waals surface area contributed by atoms with E-state index in [9.17, 15) is 0 Å². The van der Waals surface area contributed by atoms with E-state index >= 15 is 0 Å². The van der Waals surface area contributed by atoms with Crippen LogP contribution in [0.3, 0.4) is 0 Å². The summed E-state index contributed by atoms with van der Waals surface area (Å²) in [6, 6.07) is 8.71. The molecule has 1 aromatic rings. The number of hydrogen-bond donors (Lipinski definition) is 1. The Morgan fingerprint density at radius 3 is 2.82 bits per heavy atom. The number of hydrogen-bond acceptors (Lipinski definition) is 2. The van der Waals surface area contributed by atoms with E-state index in [1.165, 1.54) is 16.5 Å². The first kappa shape index (κ1) is 13.1. The summed E-state index contributed by atoms with van der Waals surface area (Å²) in [4.78, 5) is 0. The third kappa shape index (κ3) is 3.09. The van der Waals surface area contributed by atoms with Crippen molar-refractivity contribution in [1.29, 1.82) is 0 Å². The molecule has 1 aliphatic heterocycles. The van der Waals surface area contributed by atoms with Gasteiger partial charge in [0.25, 0.3) is 0 Å². The van der Waals surface area contributed by atoms with Crippen LogP contribution in [0.15, 0.2) is 28.7 Å². The fraction of sp³-hybridized carbons (Fsp3) is 0.571. The number of ether oxygens (including phenoxy) is 1.